The molecule has 1 saturated heterocycles. The fourth-order valence-corrected chi connectivity index (χ4v) is 2.32. The smallest absolute Gasteiger partial charge is 0.337 e. The van der Waals surface area contributed by atoms with Crippen molar-refractivity contribution in [3.63, 3.8) is 0 Å². The van der Waals surface area contributed by atoms with Gasteiger partial charge in [-0.15, -0.1) is 0 Å². The zero-order valence-corrected chi connectivity index (χ0v) is 12.2. The average Bonchev–Trinajstić information content (AvgIpc) is 2.56. The molecule has 7 nitrogen and oxygen atoms in total. The number of rotatable bonds is 4. The van der Waals surface area contributed by atoms with Gasteiger partial charge in [0.25, 0.3) is 5.91 Å². The standard InChI is InChI=1S/C15H19NO6/c1-21-15(20)10-4-2-9(3-5-10)14(19)16-11-6-7-22-12(8-17)13(11)18/h2-5,11-13,17-18H,6-8H2,1H3,(H,16,19)/t11-,12+,13-/m0/s1. The Morgan fingerprint density at radius 2 is 1.95 bits per heavy atom. The van der Waals surface area contributed by atoms with Gasteiger partial charge in [-0.05, 0) is 30.7 Å². The molecule has 1 aromatic rings. The second-order valence-corrected chi connectivity index (χ2v) is 5.02. The van der Waals surface area contributed by atoms with Crippen molar-refractivity contribution in [1.82, 2.24) is 5.32 Å². The normalized spacial score (nSPS) is 24.6. The number of amides is 1. The quantitative estimate of drug-likeness (QED) is 0.660. The average molecular weight is 309 g/mol. The number of carbonyl (C=O) groups excluding carboxylic acids is 2. The van der Waals surface area contributed by atoms with Crippen molar-refractivity contribution in [2.24, 2.45) is 0 Å². The molecule has 1 aromatic carbocycles. The first-order valence-corrected chi connectivity index (χ1v) is 6.96. The third-order valence-electron chi connectivity index (χ3n) is 3.62. The van der Waals surface area contributed by atoms with Gasteiger partial charge >= 0.3 is 5.97 Å². The second kappa shape index (κ2) is 7.35. The third kappa shape index (κ3) is 3.62. The van der Waals surface area contributed by atoms with Crippen LogP contribution in [0, 0.1) is 0 Å². The first kappa shape index (κ1) is 16.4. The molecule has 0 unspecified atom stereocenters. The van der Waals surface area contributed by atoms with Crippen molar-refractivity contribution in [2.45, 2.75) is 24.7 Å². The van der Waals surface area contributed by atoms with Crippen molar-refractivity contribution in [3.05, 3.63) is 35.4 Å². The Morgan fingerprint density at radius 1 is 1.32 bits per heavy atom. The first-order valence-electron chi connectivity index (χ1n) is 6.96. The zero-order valence-electron chi connectivity index (χ0n) is 12.2. The number of hydrogen-bond donors (Lipinski definition) is 3. The van der Waals surface area contributed by atoms with Crippen LogP contribution < -0.4 is 5.32 Å². The summed E-state index contributed by atoms with van der Waals surface area (Å²) in [5.41, 5.74) is 0.720. The van der Waals surface area contributed by atoms with Crippen LogP contribution in [0.5, 0.6) is 0 Å². The van der Waals surface area contributed by atoms with Gasteiger partial charge in [0.1, 0.15) is 12.2 Å². The third-order valence-corrected chi connectivity index (χ3v) is 3.62. The molecule has 0 spiro atoms. The fraction of sp³-hybridized carbons (Fsp3) is 0.467. The lowest BCUT2D eigenvalue weighted by Gasteiger charge is -2.34. The molecule has 0 bridgehead atoms. The number of hydrogen-bond acceptors (Lipinski definition) is 6. The van der Waals surface area contributed by atoms with E-state index in [4.69, 9.17) is 9.84 Å². The Morgan fingerprint density at radius 3 is 2.55 bits per heavy atom. The predicted molar refractivity (Wildman–Crippen MR) is 76.5 cm³/mol. The molecule has 0 saturated carbocycles. The topological polar surface area (TPSA) is 105 Å². The van der Waals surface area contributed by atoms with Gasteiger partial charge < -0.3 is 25.0 Å². The van der Waals surface area contributed by atoms with Gasteiger partial charge in [0, 0.05) is 12.2 Å². The van der Waals surface area contributed by atoms with Gasteiger partial charge in [-0.2, -0.15) is 0 Å². The molecule has 2 rings (SSSR count). The van der Waals surface area contributed by atoms with Crippen molar-refractivity contribution in [2.75, 3.05) is 20.3 Å². The Labute approximate surface area is 127 Å². The summed E-state index contributed by atoms with van der Waals surface area (Å²) >= 11 is 0. The molecule has 3 atom stereocenters. The van der Waals surface area contributed by atoms with E-state index >= 15 is 0 Å². The molecule has 120 valence electrons. The molecule has 0 aliphatic carbocycles. The van der Waals surface area contributed by atoms with E-state index in [2.05, 4.69) is 10.1 Å². The van der Waals surface area contributed by atoms with Crippen LogP contribution in [0.3, 0.4) is 0 Å². The predicted octanol–water partition coefficient (Wildman–Crippen LogP) is -0.286. The number of methoxy groups -OCH3 is 1. The number of benzene rings is 1. The SMILES string of the molecule is COC(=O)c1ccc(C(=O)N[C@H]2CCO[C@H](CO)[C@H]2O)cc1. The fourth-order valence-electron chi connectivity index (χ4n) is 2.32. The van der Waals surface area contributed by atoms with E-state index in [1.54, 1.807) is 0 Å². The van der Waals surface area contributed by atoms with E-state index in [-0.39, 0.29) is 12.5 Å². The minimum absolute atomic E-state index is 0.304. The molecule has 1 aliphatic rings. The molecule has 0 aromatic heterocycles. The highest BCUT2D eigenvalue weighted by Crippen LogP contribution is 2.15. The molecular formula is C15H19NO6. The molecule has 7 heteroatoms. The minimum Gasteiger partial charge on any atom is -0.465 e. The van der Waals surface area contributed by atoms with E-state index in [1.807, 2.05) is 0 Å². The lowest BCUT2D eigenvalue weighted by molar-refractivity contribution is -0.107. The van der Waals surface area contributed by atoms with E-state index in [0.29, 0.717) is 24.2 Å². The van der Waals surface area contributed by atoms with Crippen molar-refractivity contribution < 1.29 is 29.3 Å². The van der Waals surface area contributed by atoms with Crippen LogP contribution >= 0.6 is 0 Å². The molecule has 1 amide bonds. The summed E-state index contributed by atoms with van der Waals surface area (Å²) < 4.78 is 9.79. The summed E-state index contributed by atoms with van der Waals surface area (Å²) in [4.78, 5) is 23.5. The second-order valence-electron chi connectivity index (χ2n) is 5.02. The molecular weight excluding hydrogens is 290 g/mol. The van der Waals surface area contributed by atoms with Crippen LogP contribution in [0.2, 0.25) is 0 Å². The van der Waals surface area contributed by atoms with Gasteiger partial charge in [0.2, 0.25) is 0 Å². The van der Waals surface area contributed by atoms with E-state index in [0.717, 1.165) is 0 Å². The highest BCUT2D eigenvalue weighted by molar-refractivity contribution is 5.96. The molecule has 22 heavy (non-hydrogen) atoms. The highest BCUT2D eigenvalue weighted by atomic mass is 16.5. The maximum absolute atomic E-state index is 12.2. The summed E-state index contributed by atoms with van der Waals surface area (Å²) in [5, 5.41) is 21.8. The number of aliphatic hydroxyl groups excluding tert-OH is 2. The maximum Gasteiger partial charge on any atom is 0.337 e. The van der Waals surface area contributed by atoms with Crippen LogP contribution in [0.15, 0.2) is 24.3 Å². The van der Waals surface area contributed by atoms with E-state index < -0.39 is 24.2 Å². The maximum atomic E-state index is 12.2. The van der Waals surface area contributed by atoms with Crippen LogP contribution in [-0.4, -0.2) is 60.7 Å². The van der Waals surface area contributed by atoms with Gasteiger partial charge in [0.05, 0.1) is 25.3 Å². The van der Waals surface area contributed by atoms with Gasteiger partial charge in [-0.25, -0.2) is 4.79 Å². The van der Waals surface area contributed by atoms with Gasteiger partial charge in [0.15, 0.2) is 0 Å². The zero-order chi connectivity index (χ0) is 16.1. The van der Waals surface area contributed by atoms with Gasteiger partial charge in [-0.3, -0.25) is 4.79 Å². The summed E-state index contributed by atoms with van der Waals surface area (Å²) in [6, 6.07) is 5.53. The highest BCUT2D eigenvalue weighted by Gasteiger charge is 2.33. The summed E-state index contributed by atoms with van der Waals surface area (Å²) in [6.07, 6.45) is -1.19. The van der Waals surface area contributed by atoms with Crippen LogP contribution in [0.25, 0.3) is 0 Å². The Kier molecular flexibility index (Phi) is 5.48. The largest absolute Gasteiger partial charge is 0.465 e. The first-order chi connectivity index (χ1) is 10.6. The Hall–Kier alpha value is -1.96. The Bertz CT molecular complexity index is 529. The molecule has 1 aliphatic heterocycles. The summed E-state index contributed by atoms with van der Waals surface area (Å²) in [6.45, 7) is 0.0515. The van der Waals surface area contributed by atoms with Gasteiger partial charge in [-0.1, -0.05) is 0 Å². The Balaban J connectivity index is 2.01. The minimum atomic E-state index is -0.961. The number of carbonyl (C=O) groups is 2. The molecule has 1 fully saturated rings. The number of aliphatic hydroxyl groups is 2. The number of esters is 1. The number of nitrogens with one attached hydrogen (secondary N) is 1. The van der Waals surface area contributed by atoms with E-state index in [9.17, 15) is 14.7 Å². The van der Waals surface area contributed by atoms with Crippen molar-refractivity contribution in [1.29, 1.82) is 0 Å². The van der Waals surface area contributed by atoms with Crippen molar-refractivity contribution >= 4 is 11.9 Å². The molecule has 0 radical (unpaired) electrons. The van der Waals surface area contributed by atoms with Crippen molar-refractivity contribution in [3.8, 4) is 0 Å². The monoisotopic (exact) mass is 309 g/mol. The lowest BCUT2D eigenvalue weighted by Crippen LogP contribution is -2.54. The summed E-state index contributed by atoms with van der Waals surface area (Å²) in [7, 11) is 1.28. The number of ether oxygens (including phenoxy) is 2. The molecule has 3 N–H and O–H groups in total. The van der Waals surface area contributed by atoms with Crippen LogP contribution in [0.1, 0.15) is 27.1 Å². The van der Waals surface area contributed by atoms with Crippen LogP contribution in [-0.2, 0) is 9.47 Å². The van der Waals surface area contributed by atoms with Crippen LogP contribution in [0.4, 0.5) is 0 Å². The lowest BCUT2D eigenvalue weighted by atomic mass is 9.99. The molecule has 1 heterocycles. The summed E-state index contributed by atoms with van der Waals surface area (Å²) in [5.74, 6) is -0.836. The van der Waals surface area contributed by atoms with E-state index in [1.165, 1.54) is 31.4 Å².